The zero-order valence-electron chi connectivity index (χ0n) is 12.6. The number of benzene rings is 1. The topological polar surface area (TPSA) is 38.0 Å². The summed E-state index contributed by atoms with van der Waals surface area (Å²) in [6.07, 6.45) is 1.02. The lowest BCUT2D eigenvalue weighted by Crippen LogP contribution is -2.36. The van der Waals surface area contributed by atoms with Gasteiger partial charge in [-0.05, 0) is 36.6 Å². The second-order valence-corrected chi connectivity index (χ2v) is 6.66. The Morgan fingerprint density at radius 2 is 1.79 bits per heavy atom. The molecule has 0 aromatic heterocycles. The fraction of sp³-hybridized carbons (Fsp3) is 0.625. The standard InChI is InChI=1S/C16H27FN2/c1-15(2,11-18)9-10-19-12-16(3,4)13-7-5-6-8-14(13)17/h5-8,19H,9-12,18H2,1-4H3. The molecular formula is C16H27FN2. The smallest absolute Gasteiger partial charge is 0.126 e. The van der Waals surface area contributed by atoms with E-state index in [0.717, 1.165) is 25.1 Å². The van der Waals surface area contributed by atoms with Crippen LogP contribution in [-0.4, -0.2) is 19.6 Å². The molecule has 108 valence electrons. The highest BCUT2D eigenvalue weighted by Crippen LogP contribution is 2.25. The maximum absolute atomic E-state index is 13.8. The molecule has 3 N–H and O–H groups in total. The Labute approximate surface area is 116 Å². The lowest BCUT2D eigenvalue weighted by molar-refractivity contribution is 0.330. The van der Waals surface area contributed by atoms with Gasteiger partial charge in [0.1, 0.15) is 5.82 Å². The van der Waals surface area contributed by atoms with Gasteiger partial charge in [-0.1, -0.05) is 45.9 Å². The summed E-state index contributed by atoms with van der Waals surface area (Å²) in [7, 11) is 0. The highest BCUT2D eigenvalue weighted by Gasteiger charge is 2.23. The number of rotatable bonds is 7. The Hall–Kier alpha value is -0.930. The summed E-state index contributed by atoms with van der Waals surface area (Å²) in [6, 6.07) is 7.00. The van der Waals surface area contributed by atoms with Gasteiger partial charge in [-0.3, -0.25) is 0 Å². The van der Waals surface area contributed by atoms with Crippen LogP contribution in [0.1, 0.15) is 39.7 Å². The summed E-state index contributed by atoms with van der Waals surface area (Å²) < 4.78 is 13.8. The van der Waals surface area contributed by atoms with Gasteiger partial charge < -0.3 is 11.1 Å². The molecule has 0 aliphatic carbocycles. The third-order valence-corrected chi connectivity index (χ3v) is 3.70. The summed E-state index contributed by atoms with van der Waals surface area (Å²) >= 11 is 0. The average molecular weight is 266 g/mol. The molecule has 1 aromatic rings. The largest absolute Gasteiger partial charge is 0.330 e. The van der Waals surface area contributed by atoms with Crippen molar-refractivity contribution in [1.29, 1.82) is 0 Å². The molecule has 0 aliphatic heterocycles. The maximum Gasteiger partial charge on any atom is 0.126 e. The van der Waals surface area contributed by atoms with Crippen molar-refractivity contribution in [2.24, 2.45) is 11.1 Å². The maximum atomic E-state index is 13.8. The van der Waals surface area contributed by atoms with Gasteiger partial charge >= 0.3 is 0 Å². The first-order valence-electron chi connectivity index (χ1n) is 6.94. The van der Waals surface area contributed by atoms with Crippen molar-refractivity contribution in [2.45, 2.75) is 39.5 Å². The first kappa shape index (κ1) is 16.1. The molecule has 19 heavy (non-hydrogen) atoms. The van der Waals surface area contributed by atoms with E-state index in [1.807, 2.05) is 12.1 Å². The van der Waals surface area contributed by atoms with E-state index in [1.165, 1.54) is 6.07 Å². The lowest BCUT2D eigenvalue weighted by atomic mass is 9.84. The van der Waals surface area contributed by atoms with Crippen molar-refractivity contribution in [3.63, 3.8) is 0 Å². The molecular weight excluding hydrogens is 239 g/mol. The summed E-state index contributed by atoms with van der Waals surface area (Å²) in [4.78, 5) is 0. The minimum absolute atomic E-state index is 0.128. The summed E-state index contributed by atoms with van der Waals surface area (Å²) in [5.74, 6) is -0.128. The number of hydrogen-bond acceptors (Lipinski definition) is 2. The highest BCUT2D eigenvalue weighted by atomic mass is 19.1. The third-order valence-electron chi connectivity index (χ3n) is 3.70. The monoisotopic (exact) mass is 266 g/mol. The van der Waals surface area contributed by atoms with E-state index >= 15 is 0 Å². The summed E-state index contributed by atoms with van der Waals surface area (Å²) in [5, 5.41) is 3.42. The molecule has 0 amide bonds. The van der Waals surface area contributed by atoms with Crippen LogP contribution >= 0.6 is 0 Å². The molecule has 0 aliphatic rings. The van der Waals surface area contributed by atoms with Crippen molar-refractivity contribution < 1.29 is 4.39 Å². The van der Waals surface area contributed by atoms with Crippen LogP contribution in [0, 0.1) is 11.2 Å². The Kier molecular flexibility index (Phi) is 5.50. The number of nitrogens with one attached hydrogen (secondary N) is 1. The SMILES string of the molecule is CC(C)(CN)CCNCC(C)(C)c1ccccc1F. The lowest BCUT2D eigenvalue weighted by Gasteiger charge is -2.28. The first-order valence-corrected chi connectivity index (χ1v) is 6.94. The van der Waals surface area contributed by atoms with Crippen LogP contribution in [0.4, 0.5) is 4.39 Å². The minimum Gasteiger partial charge on any atom is -0.330 e. The van der Waals surface area contributed by atoms with Gasteiger partial charge in [-0.15, -0.1) is 0 Å². The molecule has 0 radical (unpaired) electrons. The van der Waals surface area contributed by atoms with E-state index in [-0.39, 0.29) is 16.6 Å². The van der Waals surface area contributed by atoms with E-state index in [4.69, 9.17) is 5.73 Å². The Morgan fingerprint density at radius 3 is 2.37 bits per heavy atom. The van der Waals surface area contributed by atoms with Crippen LogP contribution in [0.3, 0.4) is 0 Å². The predicted molar refractivity (Wildman–Crippen MR) is 79.7 cm³/mol. The molecule has 0 bridgehead atoms. The molecule has 0 unspecified atom stereocenters. The second-order valence-electron chi connectivity index (χ2n) is 6.66. The van der Waals surface area contributed by atoms with E-state index in [2.05, 4.69) is 33.0 Å². The van der Waals surface area contributed by atoms with Crippen LogP contribution < -0.4 is 11.1 Å². The fourth-order valence-electron chi connectivity index (χ4n) is 2.04. The van der Waals surface area contributed by atoms with Gasteiger partial charge in [0.15, 0.2) is 0 Å². The molecule has 1 aromatic carbocycles. The quantitative estimate of drug-likeness (QED) is 0.744. The molecule has 0 heterocycles. The van der Waals surface area contributed by atoms with Gasteiger partial charge in [0.2, 0.25) is 0 Å². The van der Waals surface area contributed by atoms with Crippen LogP contribution in [0.15, 0.2) is 24.3 Å². The van der Waals surface area contributed by atoms with E-state index in [1.54, 1.807) is 6.07 Å². The van der Waals surface area contributed by atoms with Gasteiger partial charge in [0.05, 0.1) is 0 Å². The second kappa shape index (κ2) is 6.49. The first-order chi connectivity index (χ1) is 8.78. The molecule has 0 spiro atoms. The van der Waals surface area contributed by atoms with Crippen molar-refractivity contribution in [3.05, 3.63) is 35.6 Å². The number of halogens is 1. The van der Waals surface area contributed by atoms with Crippen molar-refractivity contribution in [3.8, 4) is 0 Å². The van der Waals surface area contributed by atoms with Crippen LogP contribution in [0.25, 0.3) is 0 Å². The normalized spacial score (nSPS) is 12.7. The van der Waals surface area contributed by atoms with E-state index in [9.17, 15) is 4.39 Å². The molecule has 0 saturated heterocycles. The van der Waals surface area contributed by atoms with Gasteiger partial charge in [-0.25, -0.2) is 4.39 Å². The van der Waals surface area contributed by atoms with Gasteiger partial charge in [0.25, 0.3) is 0 Å². The number of nitrogens with two attached hydrogens (primary N) is 1. The molecule has 0 atom stereocenters. The fourth-order valence-corrected chi connectivity index (χ4v) is 2.04. The molecule has 0 saturated carbocycles. The zero-order valence-corrected chi connectivity index (χ0v) is 12.6. The average Bonchev–Trinajstić information content (AvgIpc) is 2.35. The van der Waals surface area contributed by atoms with Crippen molar-refractivity contribution in [1.82, 2.24) is 5.32 Å². The van der Waals surface area contributed by atoms with Crippen molar-refractivity contribution in [2.75, 3.05) is 19.6 Å². The predicted octanol–water partition coefficient (Wildman–Crippen LogP) is 3.07. The Balaban J connectivity index is 2.50. The highest BCUT2D eigenvalue weighted by molar-refractivity contribution is 5.25. The van der Waals surface area contributed by atoms with Crippen LogP contribution in [0.2, 0.25) is 0 Å². The molecule has 3 heteroatoms. The number of hydrogen-bond donors (Lipinski definition) is 2. The van der Waals surface area contributed by atoms with Crippen molar-refractivity contribution >= 4 is 0 Å². The molecule has 1 rings (SSSR count). The summed E-state index contributed by atoms with van der Waals surface area (Å²) in [6.45, 7) is 10.8. The zero-order chi connectivity index (χ0) is 14.5. The van der Waals surface area contributed by atoms with Crippen LogP contribution in [0.5, 0.6) is 0 Å². The van der Waals surface area contributed by atoms with E-state index < -0.39 is 0 Å². The Bertz CT molecular complexity index is 399. The van der Waals surface area contributed by atoms with Crippen LogP contribution in [-0.2, 0) is 5.41 Å². The Morgan fingerprint density at radius 1 is 1.16 bits per heavy atom. The summed E-state index contributed by atoms with van der Waals surface area (Å²) in [5.41, 5.74) is 6.42. The van der Waals surface area contributed by atoms with E-state index in [0.29, 0.717) is 6.54 Å². The molecule has 0 fully saturated rings. The van der Waals surface area contributed by atoms with Gasteiger partial charge in [-0.2, -0.15) is 0 Å². The molecule has 2 nitrogen and oxygen atoms in total. The van der Waals surface area contributed by atoms with Gasteiger partial charge in [0, 0.05) is 12.0 Å². The third kappa shape index (κ3) is 4.92. The minimum atomic E-state index is -0.210.